The minimum absolute atomic E-state index is 0.592. The molecule has 48 heavy (non-hydrogen) atoms. The van der Waals surface area contributed by atoms with Crippen LogP contribution in [0.3, 0.4) is 0 Å². The number of aromatic nitrogens is 3. The number of nitrogens with zero attached hydrogens (tertiary/aromatic N) is 4. The van der Waals surface area contributed by atoms with Gasteiger partial charge in [-0.25, -0.2) is 4.98 Å². The molecule has 0 N–H and O–H groups in total. The summed E-state index contributed by atoms with van der Waals surface area (Å²) in [7, 11) is 0. The van der Waals surface area contributed by atoms with E-state index in [1.54, 1.807) is 0 Å². The standard InChI is InChI=1S/C44H30N4/c1-28-19-21-41-34(23-28)32-13-6-8-17-39(32)47(41)43-26-36(38-16-10-15-37(46-38)30-11-4-3-5-12-30)44(25-31(43)27-45)48-40-18-9-7-14-33(40)35-24-29(2)20-22-42(35)48/h3-26H,1-2H3. The smallest absolute Gasteiger partial charge is 0.101 e. The molecule has 0 unspecified atom stereocenters. The average Bonchev–Trinajstić information content (AvgIpc) is 3.63. The van der Waals surface area contributed by atoms with Crippen LogP contribution in [0.1, 0.15) is 16.7 Å². The van der Waals surface area contributed by atoms with Crippen LogP contribution in [-0.4, -0.2) is 14.1 Å². The fourth-order valence-electron chi connectivity index (χ4n) is 7.29. The Labute approximate surface area is 278 Å². The molecule has 3 aromatic heterocycles. The second-order valence-electron chi connectivity index (χ2n) is 12.5. The van der Waals surface area contributed by atoms with Gasteiger partial charge in [0.05, 0.1) is 50.4 Å². The van der Waals surface area contributed by atoms with Crippen LogP contribution in [0.5, 0.6) is 0 Å². The number of para-hydroxylation sites is 2. The van der Waals surface area contributed by atoms with Gasteiger partial charge >= 0.3 is 0 Å². The molecule has 0 bridgehead atoms. The maximum Gasteiger partial charge on any atom is 0.101 e. The molecular weight excluding hydrogens is 585 g/mol. The molecule has 6 aromatic carbocycles. The van der Waals surface area contributed by atoms with Crippen molar-refractivity contribution in [1.29, 1.82) is 5.26 Å². The van der Waals surface area contributed by atoms with Crippen LogP contribution in [0.4, 0.5) is 0 Å². The molecule has 4 nitrogen and oxygen atoms in total. The summed E-state index contributed by atoms with van der Waals surface area (Å²) in [4.78, 5) is 5.27. The van der Waals surface area contributed by atoms with Gasteiger partial charge in [0.25, 0.3) is 0 Å². The molecular formula is C44H30N4. The second-order valence-corrected chi connectivity index (χ2v) is 12.5. The third-order valence-electron chi connectivity index (χ3n) is 9.47. The lowest BCUT2D eigenvalue weighted by Crippen LogP contribution is -2.04. The van der Waals surface area contributed by atoms with E-state index in [0.29, 0.717) is 5.56 Å². The lowest BCUT2D eigenvalue weighted by molar-refractivity contribution is 1.13. The summed E-state index contributed by atoms with van der Waals surface area (Å²) >= 11 is 0. The summed E-state index contributed by atoms with van der Waals surface area (Å²) in [5, 5.41) is 15.5. The van der Waals surface area contributed by atoms with E-state index < -0.39 is 0 Å². The van der Waals surface area contributed by atoms with E-state index in [4.69, 9.17) is 4.98 Å². The lowest BCUT2D eigenvalue weighted by Gasteiger charge is -2.19. The van der Waals surface area contributed by atoms with Gasteiger partial charge < -0.3 is 9.13 Å². The van der Waals surface area contributed by atoms with Crippen molar-refractivity contribution < 1.29 is 0 Å². The normalized spacial score (nSPS) is 11.5. The van der Waals surface area contributed by atoms with Crippen molar-refractivity contribution in [3.05, 3.63) is 162 Å². The Morgan fingerprint density at radius 3 is 1.65 bits per heavy atom. The van der Waals surface area contributed by atoms with Gasteiger partial charge in [0.1, 0.15) is 6.07 Å². The molecule has 0 radical (unpaired) electrons. The van der Waals surface area contributed by atoms with Gasteiger partial charge in [-0.1, -0.05) is 96.1 Å². The maximum atomic E-state index is 10.9. The SMILES string of the molecule is Cc1ccc2c(c1)c1ccccc1n2-c1cc(-c2cccc(-c3ccccc3)n2)c(-n2c3ccccc3c3cc(C)ccc32)cc1C#N. The van der Waals surface area contributed by atoms with Gasteiger partial charge in [0.2, 0.25) is 0 Å². The number of pyridine rings is 1. The van der Waals surface area contributed by atoms with Gasteiger partial charge in [0, 0.05) is 32.7 Å². The van der Waals surface area contributed by atoms with E-state index in [2.05, 4.69) is 156 Å². The highest BCUT2D eigenvalue weighted by molar-refractivity contribution is 6.11. The molecule has 0 fully saturated rings. The minimum atomic E-state index is 0.592. The van der Waals surface area contributed by atoms with E-state index in [9.17, 15) is 5.26 Å². The first-order valence-electron chi connectivity index (χ1n) is 16.2. The fourth-order valence-corrected chi connectivity index (χ4v) is 7.29. The third-order valence-corrected chi connectivity index (χ3v) is 9.47. The van der Waals surface area contributed by atoms with Crippen LogP contribution >= 0.6 is 0 Å². The topological polar surface area (TPSA) is 46.5 Å². The highest BCUT2D eigenvalue weighted by Crippen LogP contribution is 2.41. The van der Waals surface area contributed by atoms with Gasteiger partial charge in [-0.2, -0.15) is 5.26 Å². The van der Waals surface area contributed by atoms with Crippen LogP contribution in [-0.2, 0) is 0 Å². The molecule has 0 amide bonds. The number of aryl methyl sites for hydroxylation is 2. The summed E-state index contributed by atoms with van der Waals surface area (Å²) in [6.45, 7) is 4.25. The van der Waals surface area contributed by atoms with Crippen molar-refractivity contribution in [3.8, 4) is 40.0 Å². The molecule has 9 aromatic rings. The van der Waals surface area contributed by atoms with Crippen molar-refractivity contribution in [3.63, 3.8) is 0 Å². The number of hydrogen-bond acceptors (Lipinski definition) is 2. The zero-order valence-corrected chi connectivity index (χ0v) is 26.6. The average molecular weight is 615 g/mol. The highest BCUT2D eigenvalue weighted by atomic mass is 15.0. The van der Waals surface area contributed by atoms with E-state index in [0.717, 1.165) is 61.3 Å². The summed E-state index contributed by atoms with van der Waals surface area (Å²) in [6.07, 6.45) is 0. The van der Waals surface area contributed by atoms with Gasteiger partial charge in [0.15, 0.2) is 0 Å². The van der Waals surface area contributed by atoms with Crippen molar-refractivity contribution in [2.45, 2.75) is 13.8 Å². The Bertz CT molecular complexity index is 2760. The predicted molar refractivity (Wildman–Crippen MR) is 198 cm³/mol. The summed E-state index contributed by atoms with van der Waals surface area (Å²) in [5.74, 6) is 0. The van der Waals surface area contributed by atoms with Crippen LogP contribution in [0.2, 0.25) is 0 Å². The largest absolute Gasteiger partial charge is 0.309 e. The Hall–Kier alpha value is -6.44. The first kappa shape index (κ1) is 27.8. The maximum absolute atomic E-state index is 10.9. The predicted octanol–water partition coefficient (Wildman–Crippen LogP) is 11.1. The van der Waals surface area contributed by atoms with Crippen LogP contribution in [0.25, 0.3) is 77.5 Å². The zero-order chi connectivity index (χ0) is 32.4. The van der Waals surface area contributed by atoms with E-state index in [-0.39, 0.29) is 0 Å². The molecule has 3 heterocycles. The van der Waals surface area contributed by atoms with Gasteiger partial charge in [-0.3, -0.25) is 0 Å². The summed E-state index contributed by atoms with van der Waals surface area (Å²) < 4.78 is 4.54. The third kappa shape index (κ3) is 4.26. The van der Waals surface area contributed by atoms with Gasteiger partial charge in [-0.05, 0) is 74.5 Å². The monoisotopic (exact) mass is 614 g/mol. The van der Waals surface area contributed by atoms with Gasteiger partial charge in [-0.15, -0.1) is 0 Å². The number of nitriles is 1. The molecule has 0 atom stereocenters. The number of benzene rings is 6. The van der Waals surface area contributed by atoms with E-state index >= 15 is 0 Å². The molecule has 0 saturated carbocycles. The van der Waals surface area contributed by atoms with Crippen molar-refractivity contribution >= 4 is 43.6 Å². The van der Waals surface area contributed by atoms with Crippen LogP contribution < -0.4 is 0 Å². The molecule has 0 aliphatic rings. The molecule has 0 saturated heterocycles. The Balaban J connectivity index is 1.42. The molecule has 9 rings (SSSR count). The molecule has 0 aliphatic carbocycles. The number of hydrogen-bond donors (Lipinski definition) is 0. The Kier molecular flexibility index (Phi) is 6.28. The highest BCUT2D eigenvalue weighted by Gasteiger charge is 2.22. The summed E-state index contributed by atoms with van der Waals surface area (Å²) in [5.41, 5.74) is 12.8. The fraction of sp³-hybridized carbons (Fsp3) is 0.0455. The molecule has 4 heteroatoms. The first-order valence-corrected chi connectivity index (χ1v) is 16.2. The van der Waals surface area contributed by atoms with E-state index in [1.807, 2.05) is 18.2 Å². The zero-order valence-electron chi connectivity index (χ0n) is 26.6. The number of rotatable bonds is 4. The summed E-state index contributed by atoms with van der Waals surface area (Å²) in [6, 6.07) is 53.4. The molecule has 0 spiro atoms. The quantitative estimate of drug-likeness (QED) is 0.198. The van der Waals surface area contributed by atoms with Crippen molar-refractivity contribution in [2.24, 2.45) is 0 Å². The first-order chi connectivity index (χ1) is 23.6. The Morgan fingerprint density at radius 1 is 0.479 bits per heavy atom. The lowest BCUT2D eigenvalue weighted by atomic mass is 10.0. The van der Waals surface area contributed by atoms with Crippen LogP contribution in [0.15, 0.2) is 146 Å². The minimum Gasteiger partial charge on any atom is -0.309 e. The Morgan fingerprint density at radius 2 is 1.02 bits per heavy atom. The number of fused-ring (bicyclic) bond motifs is 6. The van der Waals surface area contributed by atoms with Crippen molar-refractivity contribution in [1.82, 2.24) is 14.1 Å². The van der Waals surface area contributed by atoms with Crippen molar-refractivity contribution in [2.75, 3.05) is 0 Å². The second kappa shape index (κ2) is 10.8. The van der Waals surface area contributed by atoms with Crippen LogP contribution in [0, 0.1) is 25.2 Å². The molecule has 0 aliphatic heterocycles. The molecule has 226 valence electrons. The van der Waals surface area contributed by atoms with E-state index in [1.165, 1.54) is 27.3 Å².